The second kappa shape index (κ2) is 3.29. The van der Waals surface area contributed by atoms with Crippen LogP contribution in [0.5, 0.6) is 0 Å². The summed E-state index contributed by atoms with van der Waals surface area (Å²) in [6.45, 7) is 0. The van der Waals surface area contributed by atoms with Crippen molar-refractivity contribution < 1.29 is 22.4 Å². The summed E-state index contributed by atoms with van der Waals surface area (Å²) in [5.41, 5.74) is 0. The molecule has 12 heavy (non-hydrogen) atoms. The lowest BCUT2D eigenvalue weighted by Gasteiger charge is -2.02. The normalized spacial score (nSPS) is 15.6. The van der Waals surface area contributed by atoms with Gasteiger partial charge in [0.15, 0.2) is 0 Å². The van der Waals surface area contributed by atoms with Crippen LogP contribution >= 0.6 is 7.68 Å². The third-order valence-corrected chi connectivity index (χ3v) is 2.34. The summed E-state index contributed by atoms with van der Waals surface area (Å²) >= 11 is 0. The van der Waals surface area contributed by atoms with Gasteiger partial charge in [-0.05, 0) is 16.7 Å². The average molecular weight is 196 g/mol. The summed E-state index contributed by atoms with van der Waals surface area (Å²) in [5.74, 6) is -1.10. The van der Waals surface area contributed by atoms with Gasteiger partial charge in [-0.2, -0.15) is 0 Å². The van der Waals surface area contributed by atoms with Crippen molar-refractivity contribution in [2.45, 2.75) is 0 Å². The molecule has 0 saturated carbocycles. The molecule has 0 heterocycles. The highest BCUT2D eigenvalue weighted by Gasteiger charge is 2.29. The van der Waals surface area contributed by atoms with E-state index in [2.05, 4.69) is 4.73 Å². The van der Waals surface area contributed by atoms with Crippen LogP contribution in [0.3, 0.4) is 0 Å². The molecule has 1 aromatic rings. The van der Waals surface area contributed by atoms with Crippen molar-refractivity contribution in [2.75, 3.05) is 0 Å². The molecule has 0 aliphatic heterocycles. The highest BCUT2D eigenvalue weighted by Crippen LogP contribution is 2.48. The van der Waals surface area contributed by atoms with E-state index in [0.29, 0.717) is 0 Å². The van der Waals surface area contributed by atoms with Crippen molar-refractivity contribution in [3.63, 3.8) is 0 Å². The van der Waals surface area contributed by atoms with Crippen LogP contribution in [0, 0.1) is 5.82 Å². The molecule has 2 nitrogen and oxygen atoms in total. The van der Waals surface area contributed by atoms with Gasteiger partial charge in [-0.1, -0.05) is 16.9 Å². The van der Waals surface area contributed by atoms with Gasteiger partial charge in [-0.15, -0.1) is 4.20 Å². The van der Waals surface area contributed by atoms with E-state index in [1.807, 2.05) is 0 Å². The maximum absolute atomic E-state index is 12.6. The van der Waals surface area contributed by atoms with Gasteiger partial charge < -0.3 is 0 Å². The van der Waals surface area contributed by atoms with Crippen molar-refractivity contribution >= 4 is 13.0 Å². The molecular weight excluding hydrogens is 192 g/mol. The predicted molar refractivity (Wildman–Crippen MR) is 36.9 cm³/mol. The zero-order valence-corrected chi connectivity index (χ0v) is 6.60. The Morgan fingerprint density at radius 1 is 1.33 bits per heavy atom. The largest absolute Gasteiger partial charge is 0.431 e. The molecule has 0 aromatic heterocycles. The third kappa shape index (κ3) is 1.68. The summed E-state index contributed by atoms with van der Waals surface area (Å²) in [4.78, 5) is 0. The Balaban J connectivity index is 3.20. The van der Waals surface area contributed by atoms with Crippen LogP contribution in [0.15, 0.2) is 24.3 Å². The van der Waals surface area contributed by atoms with Crippen molar-refractivity contribution in [2.24, 2.45) is 0 Å². The number of benzene rings is 1. The summed E-state index contributed by atoms with van der Waals surface area (Å²) in [6.07, 6.45) is 0. The molecule has 0 spiro atoms. The van der Waals surface area contributed by atoms with Gasteiger partial charge in [-0.3, -0.25) is 0 Å². The lowest BCUT2D eigenvalue weighted by atomic mass is 10.3. The minimum atomic E-state index is -5.11. The topological polar surface area (TPSA) is 26.3 Å². The fourth-order valence-corrected chi connectivity index (χ4v) is 1.37. The van der Waals surface area contributed by atoms with Gasteiger partial charge >= 0.3 is 7.68 Å². The summed E-state index contributed by atoms with van der Waals surface area (Å²) in [7, 11) is -5.11. The van der Waals surface area contributed by atoms with Crippen molar-refractivity contribution in [1.82, 2.24) is 0 Å². The van der Waals surface area contributed by atoms with Crippen LogP contribution in [0.2, 0.25) is 0 Å². The smallest absolute Gasteiger partial charge is 0.247 e. The van der Waals surface area contributed by atoms with E-state index in [9.17, 15) is 17.7 Å². The van der Waals surface area contributed by atoms with Crippen LogP contribution < -0.4 is 5.30 Å². The maximum atomic E-state index is 12.6. The molecule has 0 aliphatic rings. The Bertz CT molecular complexity index is 328. The molecule has 1 aromatic carbocycles. The second-order valence-corrected chi connectivity index (χ2v) is 3.58. The van der Waals surface area contributed by atoms with Crippen molar-refractivity contribution in [1.29, 1.82) is 0 Å². The lowest BCUT2D eigenvalue weighted by molar-refractivity contribution is -0.00871. The highest BCUT2D eigenvalue weighted by atomic mass is 31.2. The summed E-state index contributed by atoms with van der Waals surface area (Å²) in [5, 5.41) is -0.896. The molecule has 66 valence electrons. The van der Waals surface area contributed by atoms with Gasteiger partial charge in [0, 0.05) is 0 Å². The lowest BCUT2D eigenvalue weighted by Crippen LogP contribution is -2.06. The molecule has 1 rings (SSSR count). The Kier molecular flexibility index (Phi) is 2.55. The third-order valence-electron chi connectivity index (χ3n) is 1.23. The van der Waals surface area contributed by atoms with Gasteiger partial charge in [0.1, 0.15) is 11.1 Å². The van der Waals surface area contributed by atoms with Crippen LogP contribution in [-0.4, -0.2) is 0 Å². The van der Waals surface area contributed by atoms with Gasteiger partial charge in [-0.25, -0.2) is 8.96 Å². The molecule has 0 N–H and O–H groups in total. The molecule has 0 bridgehead atoms. The van der Waals surface area contributed by atoms with E-state index in [4.69, 9.17) is 0 Å². The van der Waals surface area contributed by atoms with Crippen molar-refractivity contribution in [3.8, 4) is 0 Å². The molecule has 0 amide bonds. The van der Waals surface area contributed by atoms with E-state index >= 15 is 0 Å². The fourth-order valence-electron chi connectivity index (χ4n) is 0.706. The molecule has 6 heteroatoms. The fraction of sp³-hybridized carbons (Fsp3) is 0. The number of hydrogen-bond donors (Lipinski definition) is 0. The average Bonchev–Trinajstić information content (AvgIpc) is 2.05. The second-order valence-electron chi connectivity index (χ2n) is 2.00. The first-order valence-corrected chi connectivity index (χ1v) is 4.44. The first kappa shape index (κ1) is 9.29. The maximum Gasteiger partial charge on any atom is 0.431 e. The van der Waals surface area contributed by atoms with E-state index in [-0.39, 0.29) is 0 Å². The van der Waals surface area contributed by atoms with Crippen molar-refractivity contribution in [3.05, 3.63) is 30.1 Å². The SMILES string of the molecule is O=P(F)(OF)c1ccccc1F. The molecular formula is C6H4F3O2P. The van der Waals surface area contributed by atoms with E-state index in [1.54, 1.807) is 0 Å². The molecule has 1 atom stereocenters. The highest BCUT2D eigenvalue weighted by molar-refractivity contribution is 7.61. The molecule has 0 aliphatic carbocycles. The Morgan fingerprint density at radius 3 is 2.42 bits per heavy atom. The summed E-state index contributed by atoms with van der Waals surface area (Å²) < 4.78 is 49.5. The first-order chi connectivity index (χ1) is 5.58. The Hall–Kier alpha value is -0.800. The number of rotatable bonds is 2. The van der Waals surface area contributed by atoms with Crippen LogP contribution in [0.1, 0.15) is 0 Å². The minimum absolute atomic E-state index is 0.857. The Morgan fingerprint density at radius 2 is 1.92 bits per heavy atom. The molecule has 0 saturated heterocycles. The van der Waals surface area contributed by atoms with E-state index in [1.165, 1.54) is 12.1 Å². The zero-order chi connectivity index (χ0) is 9.19. The van der Waals surface area contributed by atoms with Gasteiger partial charge in [0.25, 0.3) is 0 Å². The van der Waals surface area contributed by atoms with E-state index in [0.717, 1.165) is 12.1 Å². The van der Waals surface area contributed by atoms with Crippen LogP contribution in [0.4, 0.5) is 13.1 Å². The summed E-state index contributed by atoms with van der Waals surface area (Å²) in [6, 6.07) is 4.21. The standard InChI is InChI=1S/C6H4F3O2P/c7-5-3-1-2-4-6(5)12(9,10)11-8/h1-4H. The first-order valence-electron chi connectivity index (χ1n) is 2.93. The number of halogens is 3. The zero-order valence-electron chi connectivity index (χ0n) is 5.71. The van der Waals surface area contributed by atoms with Crippen LogP contribution in [0.25, 0.3) is 0 Å². The quantitative estimate of drug-likeness (QED) is 0.679. The van der Waals surface area contributed by atoms with E-state index < -0.39 is 18.8 Å². The Labute approximate surface area is 66.4 Å². The molecule has 0 fully saturated rings. The number of hydrogen-bond acceptors (Lipinski definition) is 2. The van der Waals surface area contributed by atoms with Gasteiger partial charge in [0.05, 0.1) is 0 Å². The molecule has 1 unspecified atom stereocenters. The predicted octanol–water partition coefficient (Wildman–Crippen LogP) is 2.51. The van der Waals surface area contributed by atoms with Crippen LogP contribution in [-0.2, 0) is 9.29 Å². The van der Waals surface area contributed by atoms with Gasteiger partial charge in [0.2, 0.25) is 0 Å². The molecule has 0 radical (unpaired) electrons. The monoisotopic (exact) mass is 196 g/mol. The minimum Gasteiger partial charge on any atom is -0.247 e.